The summed E-state index contributed by atoms with van der Waals surface area (Å²) < 4.78 is 33.0. The standard InChI is InChI=1S/C21H24N4O8S/c1-21(2)19(27)23(20(28)22-21)12-15(26)13-24(34(31,32)16-7-5-4-6-8-16)17-11-14(25(29)30)9-10-18(17)33-3/h4-11,15,26H,12-13H2,1-3H3,(H,22,28)/t15-/m0/s1. The van der Waals surface area contributed by atoms with Crippen LogP contribution in [0.3, 0.4) is 0 Å². The van der Waals surface area contributed by atoms with Crippen molar-refractivity contribution >= 4 is 33.3 Å². The Morgan fingerprint density at radius 1 is 1.21 bits per heavy atom. The van der Waals surface area contributed by atoms with Crippen LogP contribution in [0.5, 0.6) is 5.75 Å². The Kier molecular flexibility index (Phi) is 6.79. The van der Waals surface area contributed by atoms with Gasteiger partial charge in [0.25, 0.3) is 21.6 Å². The van der Waals surface area contributed by atoms with Crippen LogP contribution in [0, 0.1) is 10.1 Å². The van der Waals surface area contributed by atoms with Gasteiger partial charge in [0, 0.05) is 12.1 Å². The average Bonchev–Trinajstić information content (AvgIpc) is 2.98. The van der Waals surface area contributed by atoms with E-state index in [0.29, 0.717) is 0 Å². The van der Waals surface area contributed by atoms with Gasteiger partial charge in [-0.15, -0.1) is 0 Å². The number of imide groups is 1. The first-order valence-corrected chi connectivity index (χ1v) is 11.5. The van der Waals surface area contributed by atoms with Gasteiger partial charge in [0.15, 0.2) is 0 Å². The van der Waals surface area contributed by atoms with E-state index >= 15 is 0 Å². The van der Waals surface area contributed by atoms with Crippen LogP contribution >= 0.6 is 0 Å². The summed E-state index contributed by atoms with van der Waals surface area (Å²) in [5, 5.41) is 24.6. The van der Waals surface area contributed by atoms with Crippen molar-refractivity contribution in [3.05, 3.63) is 58.6 Å². The van der Waals surface area contributed by atoms with Crippen molar-refractivity contribution in [2.45, 2.75) is 30.4 Å². The monoisotopic (exact) mass is 492 g/mol. The van der Waals surface area contributed by atoms with Crippen LogP contribution in [0.2, 0.25) is 0 Å². The van der Waals surface area contributed by atoms with E-state index in [2.05, 4.69) is 5.32 Å². The SMILES string of the molecule is COc1ccc([N+](=O)[O-])cc1N(C[C@@H](O)CN1C(=O)NC(C)(C)C1=O)S(=O)(=O)c1ccccc1. The van der Waals surface area contributed by atoms with E-state index < -0.39 is 57.3 Å². The molecule has 0 spiro atoms. The molecule has 0 saturated carbocycles. The number of β-amino-alcohol motifs (C(OH)–C–C–N with tert-alkyl or cyclic N) is 1. The van der Waals surface area contributed by atoms with Gasteiger partial charge in [-0.2, -0.15) is 0 Å². The molecule has 3 amide bonds. The Labute approximate surface area is 195 Å². The maximum Gasteiger partial charge on any atom is 0.325 e. The lowest BCUT2D eigenvalue weighted by Crippen LogP contribution is -2.45. The van der Waals surface area contributed by atoms with E-state index in [9.17, 15) is 33.2 Å². The molecule has 1 saturated heterocycles. The third kappa shape index (κ3) is 4.79. The maximum atomic E-state index is 13.5. The van der Waals surface area contributed by atoms with Crippen molar-refractivity contribution in [3.8, 4) is 5.75 Å². The van der Waals surface area contributed by atoms with Gasteiger partial charge in [0.1, 0.15) is 17.0 Å². The molecule has 13 heteroatoms. The number of hydrogen-bond donors (Lipinski definition) is 2. The van der Waals surface area contributed by atoms with Crippen LogP contribution in [0.1, 0.15) is 13.8 Å². The third-order valence-electron chi connectivity index (χ3n) is 5.19. The second-order valence-electron chi connectivity index (χ2n) is 8.09. The fourth-order valence-electron chi connectivity index (χ4n) is 3.48. The highest BCUT2D eigenvalue weighted by Crippen LogP contribution is 2.36. The van der Waals surface area contributed by atoms with Gasteiger partial charge in [0.05, 0.1) is 36.1 Å². The summed E-state index contributed by atoms with van der Waals surface area (Å²) in [7, 11) is -3.07. The molecular formula is C21H24N4O8S. The van der Waals surface area contributed by atoms with Gasteiger partial charge in [-0.1, -0.05) is 18.2 Å². The number of amides is 3. The Bertz CT molecular complexity index is 1220. The predicted molar refractivity (Wildman–Crippen MR) is 121 cm³/mol. The van der Waals surface area contributed by atoms with Crippen molar-refractivity contribution in [3.63, 3.8) is 0 Å². The molecule has 12 nitrogen and oxygen atoms in total. The zero-order valence-corrected chi connectivity index (χ0v) is 19.5. The second-order valence-corrected chi connectivity index (χ2v) is 9.95. The molecule has 1 fully saturated rings. The number of carbonyl (C=O) groups excluding carboxylic acids is 2. The fraction of sp³-hybridized carbons (Fsp3) is 0.333. The number of urea groups is 1. The van der Waals surface area contributed by atoms with Gasteiger partial charge in [-0.25, -0.2) is 13.2 Å². The molecule has 182 valence electrons. The number of non-ortho nitro benzene ring substituents is 1. The van der Waals surface area contributed by atoms with E-state index in [1.165, 1.54) is 51.3 Å². The number of nitro groups is 1. The number of methoxy groups -OCH3 is 1. The zero-order valence-electron chi connectivity index (χ0n) is 18.7. The van der Waals surface area contributed by atoms with Crippen LogP contribution < -0.4 is 14.4 Å². The van der Waals surface area contributed by atoms with E-state index in [-0.39, 0.29) is 16.3 Å². The van der Waals surface area contributed by atoms with E-state index in [1.807, 2.05) is 0 Å². The highest BCUT2D eigenvalue weighted by molar-refractivity contribution is 7.92. The van der Waals surface area contributed by atoms with Gasteiger partial charge >= 0.3 is 6.03 Å². The molecule has 0 aromatic heterocycles. The molecule has 2 aromatic carbocycles. The van der Waals surface area contributed by atoms with Crippen molar-refractivity contribution in [1.82, 2.24) is 10.2 Å². The molecule has 1 heterocycles. The number of nitro benzene ring substituents is 1. The molecule has 1 atom stereocenters. The van der Waals surface area contributed by atoms with E-state index in [1.54, 1.807) is 6.07 Å². The van der Waals surface area contributed by atoms with Crippen molar-refractivity contribution < 1.29 is 32.8 Å². The molecule has 1 aliphatic rings. The molecule has 2 N–H and O–H groups in total. The quantitative estimate of drug-likeness (QED) is 0.302. The largest absolute Gasteiger partial charge is 0.495 e. The lowest BCUT2D eigenvalue weighted by atomic mass is 10.1. The first-order chi connectivity index (χ1) is 15.9. The number of rotatable bonds is 9. The van der Waals surface area contributed by atoms with Crippen LogP contribution in [-0.4, -0.2) is 67.1 Å². The summed E-state index contributed by atoms with van der Waals surface area (Å²) in [5.74, 6) is -0.574. The molecule has 34 heavy (non-hydrogen) atoms. The summed E-state index contributed by atoms with van der Waals surface area (Å²) in [4.78, 5) is 36.0. The van der Waals surface area contributed by atoms with Crippen LogP contribution in [0.4, 0.5) is 16.2 Å². The summed E-state index contributed by atoms with van der Waals surface area (Å²) in [5.41, 5.74) is -1.75. The molecule has 0 aliphatic carbocycles. The van der Waals surface area contributed by atoms with Crippen LogP contribution in [0.25, 0.3) is 0 Å². The Balaban J connectivity index is 2.03. The Morgan fingerprint density at radius 2 is 1.85 bits per heavy atom. The number of aliphatic hydroxyl groups is 1. The smallest absolute Gasteiger partial charge is 0.325 e. The number of anilines is 1. The van der Waals surface area contributed by atoms with E-state index in [4.69, 9.17) is 4.74 Å². The number of nitrogens with zero attached hydrogens (tertiary/aromatic N) is 3. The highest BCUT2D eigenvalue weighted by atomic mass is 32.2. The van der Waals surface area contributed by atoms with Crippen LogP contribution in [0.15, 0.2) is 53.4 Å². The Hall–Kier alpha value is -3.71. The summed E-state index contributed by atoms with van der Waals surface area (Å²) in [6.45, 7) is 1.89. The minimum absolute atomic E-state index is 0.00781. The number of benzene rings is 2. The molecule has 0 bridgehead atoms. The van der Waals surface area contributed by atoms with Crippen LogP contribution in [-0.2, 0) is 14.8 Å². The third-order valence-corrected chi connectivity index (χ3v) is 6.98. The number of ether oxygens (including phenoxy) is 1. The minimum atomic E-state index is -4.34. The van der Waals surface area contributed by atoms with Gasteiger partial charge in [-0.05, 0) is 32.0 Å². The molecule has 0 unspecified atom stereocenters. The number of carbonyl (C=O) groups is 2. The van der Waals surface area contributed by atoms with Crippen molar-refractivity contribution in [2.75, 3.05) is 24.5 Å². The number of nitrogens with one attached hydrogen (secondary N) is 1. The molecule has 3 rings (SSSR count). The summed E-state index contributed by atoms with van der Waals surface area (Å²) in [6.07, 6.45) is -1.52. The van der Waals surface area contributed by atoms with Crippen molar-refractivity contribution in [1.29, 1.82) is 0 Å². The second kappa shape index (κ2) is 9.27. The summed E-state index contributed by atoms with van der Waals surface area (Å²) in [6, 6.07) is 9.97. The highest BCUT2D eigenvalue weighted by Gasteiger charge is 2.45. The minimum Gasteiger partial charge on any atom is -0.495 e. The topological polar surface area (TPSA) is 159 Å². The number of hydrogen-bond acceptors (Lipinski definition) is 8. The lowest BCUT2D eigenvalue weighted by Gasteiger charge is -2.29. The van der Waals surface area contributed by atoms with Gasteiger partial charge < -0.3 is 15.2 Å². The molecular weight excluding hydrogens is 468 g/mol. The normalized spacial score (nSPS) is 16.2. The first kappa shape index (κ1) is 24.9. The van der Waals surface area contributed by atoms with Gasteiger partial charge in [0.2, 0.25) is 0 Å². The molecule has 0 radical (unpaired) electrons. The molecule has 2 aromatic rings. The maximum absolute atomic E-state index is 13.5. The predicted octanol–water partition coefficient (Wildman–Crippen LogP) is 1.49. The number of aliphatic hydroxyl groups excluding tert-OH is 1. The fourth-order valence-corrected chi connectivity index (χ4v) is 5.00. The summed E-state index contributed by atoms with van der Waals surface area (Å²) >= 11 is 0. The zero-order chi connectivity index (χ0) is 25.3. The van der Waals surface area contributed by atoms with Crippen molar-refractivity contribution in [2.24, 2.45) is 0 Å². The van der Waals surface area contributed by atoms with Gasteiger partial charge in [-0.3, -0.25) is 24.1 Å². The first-order valence-electron chi connectivity index (χ1n) is 10.1. The number of sulfonamides is 1. The lowest BCUT2D eigenvalue weighted by molar-refractivity contribution is -0.384. The Morgan fingerprint density at radius 3 is 2.38 bits per heavy atom. The average molecular weight is 493 g/mol. The molecule has 1 aliphatic heterocycles. The van der Waals surface area contributed by atoms with E-state index in [0.717, 1.165) is 21.3 Å².